The van der Waals surface area contributed by atoms with Crippen molar-refractivity contribution in [3.05, 3.63) is 29.3 Å². The number of carbonyl (C=O) groups is 1. The molecule has 2 aliphatic rings. The number of benzene rings is 1. The molecule has 1 unspecified atom stereocenters. The van der Waals surface area contributed by atoms with E-state index in [1.54, 1.807) is 0 Å². The number of nitrogens with one attached hydrogen (secondary N) is 1. The normalized spacial score (nSPS) is 22.5. The molecule has 6 heteroatoms. The summed E-state index contributed by atoms with van der Waals surface area (Å²) in [7, 11) is 0. The van der Waals surface area contributed by atoms with Gasteiger partial charge in [-0.1, -0.05) is 11.6 Å². The minimum absolute atomic E-state index is 0.0413. The fourth-order valence-electron chi connectivity index (χ4n) is 3.39. The molecule has 5 nitrogen and oxygen atoms in total. The highest BCUT2D eigenvalue weighted by atomic mass is 35.5. The van der Waals surface area contributed by atoms with Crippen LogP contribution >= 0.6 is 11.6 Å². The zero-order valence-corrected chi connectivity index (χ0v) is 15.3. The van der Waals surface area contributed by atoms with E-state index < -0.39 is 0 Å². The summed E-state index contributed by atoms with van der Waals surface area (Å²) >= 11 is 5.87. The fraction of sp³-hybridized carbons (Fsp3) is 0.632. The molecule has 1 aromatic carbocycles. The van der Waals surface area contributed by atoms with E-state index in [9.17, 15) is 4.79 Å². The Hall–Kier alpha value is -1.30. The number of carbonyl (C=O) groups excluding carboxylic acids is 1. The van der Waals surface area contributed by atoms with Gasteiger partial charge in [-0.2, -0.15) is 0 Å². The highest BCUT2D eigenvalue weighted by Crippen LogP contribution is 2.17. The number of rotatable bonds is 6. The molecule has 1 aromatic rings. The van der Waals surface area contributed by atoms with E-state index in [0.29, 0.717) is 19.3 Å². The molecule has 1 N–H and O–H groups in total. The van der Waals surface area contributed by atoms with E-state index in [1.807, 2.05) is 24.3 Å². The average Bonchev–Trinajstić information content (AvgIpc) is 2.65. The van der Waals surface area contributed by atoms with Crippen LogP contribution < -0.4 is 10.1 Å². The first-order chi connectivity index (χ1) is 12.2. The van der Waals surface area contributed by atoms with Crippen LogP contribution in [-0.2, 0) is 9.53 Å². The summed E-state index contributed by atoms with van der Waals surface area (Å²) in [6.45, 7) is 4.93. The first-order valence-electron chi connectivity index (χ1n) is 9.19. The highest BCUT2D eigenvalue weighted by Gasteiger charge is 2.26. The van der Waals surface area contributed by atoms with E-state index in [-0.39, 0.29) is 11.8 Å². The molecule has 0 aliphatic carbocycles. The molecule has 2 heterocycles. The lowest BCUT2D eigenvalue weighted by Crippen LogP contribution is -2.48. The molecule has 0 bridgehead atoms. The van der Waals surface area contributed by atoms with Crippen molar-refractivity contribution >= 4 is 17.5 Å². The minimum atomic E-state index is 0.0413. The Morgan fingerprint density at radius 2 is 2.00 bits per heavy atom. The fourth-order valence-corrected chi connectivity index (χ4v) is 3.52. The molecule has 2 aliphatic heterocycles. The second kappa shape index (κ2) is 9.41. The number of nitrogens with zero attached hydrogens (tertiary/aromatic N) is 1. The van der Waals surface area contributed by atoms with Crippen LogP contribution in [0.3, 0.4) is 0 Å². The van der Waals surface area contributed by atoms with Crippen molar-refractivity contribution in [1.82, 2.24) is 10.2 Å². The molecule has 0 spiro atoms. The van der Waals surface area contributed by atoms with Crippen LogP contribution in [0.25, 0.3) is 0 Å². The van der Waals surface area contributed by atoms with Crippen LogP contribution in [-0.4, -0.2) is 56.3 Å². The maximum atomic E-state index is 12.3. The summed E-state index contributed by atoms with van der Waals surface area (Å²) in [5.74, 6) is 1.06. The van der Waals surface area contributed by atoms with Crippen molar-refractivity contribution in [3.8, 4) is 5.75 Å². The van der Waals surface area contributed by atoms with Crippen LogP contribution in [0.2, 0.25) is 5.02 Å². The van der Waals surface area contributed by atoms with E-state index in [1.165, 1.54) is 0 Å². The maximum absolute atomic E-state index is 12.3. The van der Waals surface area contributed by atoms with E-state index in [0.717, 1.165) is 62.7 Å². The molecule has 25 heavy (non-hydrogen) atoms. The molecular weight excluding hydrogens is 340 g/mol. The lowest BCUT2D eigenvalue weighted by atomic mass is 9.99. The van der Waals surface area contributed by atoms with Crippen molar-refractivity contribution in [2.75, 3.05) is 39.5 Å². The Morgan fingerprint density at radius 3 is 2.68 bits per heavy atom. The molecule has 2 saturated heterocycles. The zero-order chi connectivity index (χ0) is 17.5. The van der Waals surface area contributed by atoms with Gasteiger partial charge in [0.2, 0.25) is 5.91 Å². The lowest BCUT2D eigenvalue weighted by Gasteiger charge is -2.33. The summed E-state index contributed by atoms with van der Waals surface area (Å²) in [6.07, 6.45) is 3.94. The molecule has 138 valence electrons. The SMILES string of the molecule is O=C(NC1CCN(CCOc2ccc(Cl)cc2)CC1)C1CCCOC1. The van der Waals surface area contributed by atoms with Crippen molar-refractivity contribution in [2.24, 2.45) is 5.92 Å². The van der Waals surface area contributed by atoms with Gasteiger partial charge in [0.15, 0.2) is 0 Å². The molecule has 0 saturated carbocycles. The Morgan fingerprint density at radius 1 is 1.24 bits per heavy atom. The van der Waals surface area contributed by atoms with Crippen LogP contribution in [0.15, 0.2) is 24.3 Å². The number of halogens is 1. The third-order valence-corrected chi connectivity index (χ3v) is 5.21. The van der Waals surface area contributed by atoms with Crippen LogP contribution in [0.4, 0.5) is 0 Å². The first kappa shape index (κ1) is 18.5. The molecule has 0 radical (unpaired) electrons. The van der Waals surface area contributed by atoms with Gasteiger partial charge in [-0.25, -0.2) is 0 Å². The Labute approximate surface area is 154 Å². The smallest absolute Gasteiger partial charge is 0.225 e. The van der Waals surface area contributed by atoms with Crippen molar-refractivity contribution in [1.29, 1.82) is 0 Å². The molecular formula is C19H27ClN2O3. The second-order valence-electron chi connectivity index (χ2n) is 6.84. The Balaban J connectivity index is 1.31. The van der Waals surface area contributed by atoms with Crippen molar-refractivity contribution < 1.29 is 14.3 Å². The predicted molar refractivity (Wildman–Crippen MR) is 98.1 cm³/mol. The van der Waals surface area contributed by atoms with E-state index in [2.05, 4.69) is 10.2 Å². The highest BCUT2D eigenvalue weighted by molar-refractivity contribution is 6.30. The molecule has 3 rings (SSSR count). The lowest BCUT2D eigenvalue weighted by molar-refractivity contribution is -0.130. The predicted octanol–water partition coefficient (Wildman–Crippen LogP) is 2.73. The summed E-state index contributed by atoms with van der Waals surface area (Å²) in [6, 6.07) is 7.74. The molecule has 2 fully saturated rings. The minimum Gasteiger partial charge on any atom is -0.492 e. The van der Waals surface area contributed by atoms with Gasteiger partial charge in [-0.15, -0.1) is 0 Å². The quantitative estimate of drug-likeness (QED) is 0.841. The second-order valence-corrected chi connectivity index (χ2v) is 7.28. The van der Waals surface area contributed by atoms with Crippen LogP contribution in [0.5, 0.6) is 5.75 Å². The van der Waals surface area contributed by atoms with Gasteiger partial charge >= 0.3 is 0 Å². The van der Waals surface area contributed by atoms with Gasteiger partial charge in [0.05, 0.1) is 12.5 Å². The summed E-state index contributed by atoms with van der Waals surface area (Å²) in [4.78, 5) is 14.7. The van der Waals surface area contributed by atoms with Gasteiger partial charge in [-0.05, 0) is 49.9 Å². The van der Waals surface area contributed by atoms with Gasteiger partial charge in [0.1, 0.15) is 12.4 Å². The topological polar surface area (TPSA) is 50.8 Å². The number of ether oxygens (including phenoxy) is 2. The van der Waals surface area contributed by atoms with Gasteiger partial charge < -0.3 is 14.8 Å². The average molecular weight is 367 g/mol. The van der Waals surface area contributed by atoms with Crippen LogP contribution in [0.1, 0.15) is 25.7 Å². The zero-order valence-electron chi connectivity index (χ0n) is 14.6. The number of hydrogen-bond donors (Lipinski definition) is 1. The Kier molecular flexibility index (Phi) is 6.96. The van der Waals surface area contributed by atoms with Crippen molar-refractivity contribution in [2.45, 2.75) is 31.7 Å². The van der Waals surface area contributed by atoms with E-state index >= 15 is 0 Å². The number of likely N-dealkylation sites (tertiary alicyclic amines) is 1. The maximum Gasteiger partial charge on any atom is 0.225 e. The third-order valence-electron chi connectivity index (χ3n) is 4.95. The van der Waals surface area contributed by atoms with Crippen molar-refractivity contribution in [3.63, 3.8) is 0 Å². The first-order valence-corrected chi connectivity index (χ1v) is 9.57. The summed E-state index contributed by atoms with van der Waals surface area (Å²) in [5, 5.41) is 3.93. The van der Waals surface area contributed by atoms with Gasteiger partial charge in [-0.3, -0.25) is 9.69 Å². The molecule has 1 atom stereocenters. The van der Waals surface area contributed by atoms with Crippen LogP contribution in [0, 0.1) is 5.92 Å². The standard InChI is InChI=1S/C19H27ClN2O3/c20-16-3-5-18(6-4-16)25-13-11-22-9-7-17(8-10-22)21-19(23)15-2-1-12-24-14-15/h3-6,15,17H,1-2,7-14H2,(H,21,23). The monoisotopic (exact) mass is 366 g/mol. The van der Waals surface area contributed by atoms with Gasteiger partial charge in [0, 0.05) is 37.3 Å². The number of hydrogen-bond acceptors (Lipinski definition) is 4. The summed E-state index contributed by atoms with van der Waals surface area (Å²) in [5.41, 5.74) is 0. The largest absolute Gasteiger partial charge is 0.492 e. The number of piperidine rings is 1. The Bertz CT molecular complexity index is 538. The molecule has 1 amide bonds. The number of amides is 1. The summed E-state index contributed by atoms with van der Waals surface area (Å²) < 4.78 is 11.2. The molecule has 0 aromatic heterocycles. The third kappa shape index (κ3) is 5.87. The van der Waals surface area contributed by atoms with E-state index in [4.69, 9.17) is 21.1 Å². The van der Waals surface area contributed by atoms with Gasteiger partial charge in [0.25, 0.3) is 0 Å².